The maximum Gasteiger partial charge on any atom is 0.308 e. The van der Waals surface area contributed by atoms with Gasteiger partial charge >= 0.3 is 5.97 Å². The maximum absolute atomic E-state index is 11.4. The normalized spacial score (nSPS) is 11.0. The minimum absolute atomic E-state index is 0.251. The monoisotopic (exact) mass is 203 g/mol. The predicted octanol–water partition coefficient (Wildman–Crippen LogP) is -1.13. The Balaban J connectivity index is 2.53. The smallest absolute Gasteiger partial charge is 0.308 e. The summed E-state index contributed by atoms with van der Waals surface area (Å²) >= 11 is 0. The Morgan fingerprint density at radius 1 is 1.40 bits per heavy atom. The molecule has 15 heavy (non-hydrogen) atoms. The number of rotatable bonds is 4. The lowest BCUT2D eigenvalue weighted by Gasteiger charge is -2.23. The number of hydrogen-bond acceptors (Lipinski definition) is 3. The van der Waals surface area contributed by atoms with E-state index >= 15 is 0 Å². The van der Waals surface area contributed by atoms with E-state index in [2.05, 4.69) is 5.32 Å². The second-order valence-electron chi connectivity index (χ2n) is 3.96. The van der Waals surface area contributed by atoms with Crippen molar-refractivity contribution in [3.8, 4) is 0 Å². The molecule has 0 aromatic heterocycles. The molecule has 0 atom stereocenters. The zero-order valence-corrected chi connectivity index (χ0v) is 9.41. The van der Waals surface area contributed by atoms with Crippen LogP contribution in [0.3, 0.4) is 0 Å². The van der Waals surface area contributed by atoms with Gasteiger partial charge in [0.05, 0.1) is 12.4 Å². The van der Waals surface area contributed by atoms with E-state index in [9.17, 15) is 4.79 Å². The lowest BCUT2D eigenvalue weighted by atomic mass is 9.62. The van der Waals surface area contributed by atoms with E-state index in [0.717, 1.165) is 5.56 Å². The van der Waals surface area contributed by atoms with Gasteiger partial charge in [-0.3, -0.25) is 4.79 Å². The summed E-state index contributed by atoms with van der Waals surface area (Å²) in [6, 6.07) is 9.94. The van der Waals surface area contributed by atoms with Crippen LogP contribution in [0.15, 0.2) is 30.3 Å². The van der Waals surface area contributed by atoms with Crippen molar-refractivity contribution in [3.63, 3.8) is 0 Å². The van der Waals surface area contributed by atoms with Gasteiger partial charge in [-0.2, -0.15) is 0 Å². The molecule has 0 aliphatic rings. The highest BCUT2D eigenvalue weighted by Gasteiger charge is 2.27. The summed E-state index contributed by atoms with van der Waals surface area (Å²) in [7, 11) is 5.01. The minimum Gasteiger partial charge on any atom is -0.469 e. The molecule has 1 N–H and O–H groups in total. The third kappa shape index (κ3) is 3.44. The van der Waals surface area contributed by atoms with Crippen molar-refractivity contribution in [2.75, 3.05) is 7.11 Å². The lowest BCUT2D eigenvalue weighted by Crippen LogP contribution is -2.53. The van der Waals surface area contributed by atoms with Crippen molar-refractivity contribution in [2.45, 2.75) is 11.9 Å². The van der Waals surface area contributed by atoms with Gasteiger partial charge in [-0.15, -0.1) is 0 Å². The van der Waals surface area contributed by atoms with E-state index in [1.807, 2.05) is 46.0 Å². The molecule has 0 radical (unpaired) electrons. The van der Waals surface area contributed by atoms with Gasteiger partial charge in [0.15, 0.2) is 0 Å². The standard InChI is InChI=1S/C10H15B2NO2/c1-15-9(14)10(11,12)13-7-8-5-3-2-4-6-8/h2-6,13H,7,11-12H2,1H3. The Morgan fingerprint density at radius 2 is 2.00 bits per heavy atom. The summed E-state index contributed by atoms with van der Waals surface area (Å²) < 4.78 is 4.70. The minimum atomic E-state index is -0.648. The third-order valence-electron chi connectivity index (χ3n) is 2.27. The first kappa shape index (κ1) is 11.9. The van der Waals surface area contributed by atoms with Crippen molar-refractivity contribution in [1.82, 2.24) is 5.32 Å². The number of esters is 1. The van der Waals surface area contributed by atoms with Crippen LogP contribution < -0.4 is 5.32 Å². The highest BCUT2D eigenvalue weighted by molar-refractivity contribution is 6.50. The topological polar surface area (TPSA) is 38.3 Å². The molecule has 78 valence electrons. The second-order valence-corrected chi connectivity index (χ2v) is 3.96. The Morgan fingerprint density at radius 3 is 2.53 bits per heavy atom. The fraction of sp³-hybridized carbons (Fsp3) is 0.300. The highest BCUT2D eigenvalue weighted by Crippen LogP contribution is 2.01. The molecule has 1 rings (SSSR count). The molecule has 1 aromatic carbocycles. The lowest BCUT2D eigenvalue weighted by molar-refractivity contribution is -0.142. The first-order valence-corrected chi connectivity index (χ1v) is 4.93. The van der Waals surface area contributed by atoms with Crippen LogP contribution in [0, 0.1) is 0 Å². The molecule has 1 aromatic rings. The zero-order chi connectivity index (χ0) is 11.3. The number of hydrogen-bond donors (Lipinski definition) is 1. The van der Waals surface area contributed by atoms with Crippen molar-refractivity contribution in [1.29, 1.82) is 0 Å². The summed E-state index contributed by atoms with van der Waals surface area (Å²) in [5, 5.41) is 2.50. The molecule has 3 nitrogen and oxygen atoms in total. The number of carbonyl (C=O) groups excluding carboxylic acids is 1. The van der Waals surface area contributed by atoms with Crippen molar-refractivity contribution < 1.29 is 9.53 Å². The average Bonchev–Trinajstić information content (AvgIpc) is 2.27. The van der Waals surface area contributed by atoms with Gasteiger partial charge in [-0.1, -0.05) is 30.3 Å². The Hall–Kier alpha value is -1.22. The van der Waals surface area contributed by atoms with Crippen LogP contribution >= 0.6 is 0 Å². The largest absolute Gasteiger partial charge is 0.469 e. The van der Waals surface area contributed by atoms with Crippen LogP contribution in [0.25, 0.3) is 0 Å². The number of ether oxygens (including phenoxy) is 1. The molecule has 0 saturated heterocycles. The first-order chi connectivity index (χ1) is 7.06. The number of carbonyl (C=O) groups is 1. The molecule has 0 bridgehead atoms. The van der Waals surface area contributed by atoms with E-state index in [4.69, 9.17) is 4.74 Å². The van der Waals surface area contributed by atoms with Crippen LogP contribution in [-0.2, 0) is 16.1 Å². The van der Waals surface area contributed by atoms with Crippen LogP contribution in [0.4, 0.5) is 0 Å². The summed E-state index contributed by atoms with van der Waals surface area (Å²) in [6.07, 6.45) is 0. The Bertz CT molecular complexity index is 327. The van der Waals surface area contributed by atoms with Gasteiger partial charge in [0.25, 0.3) is 0 Å². The van der Waals surface area contributed by atoms with Crippen LogP contribution in [0.5, 0.6) is 0 Å². The summed E-state index contributed by atoms with van der Waals surface area (Å²) in [4.78, 5) is 11.4. The van der Waals surface area contributed by atoms with Crippen molar-refractivity contribution >= 4 is 21.7 Å². The first-order valence-electron chi connectivity index (χ1n) is 4.93. The molecule has 0 fully saturated rings. The summed E-state index contributed by atoms with van der Waals surface area (Å²) in [5.74, 6) is -0.251. The van der Waals surface area contributed by atoms with Gasteiger partial charge in [0, 0.05) is 6.54 Å². The van der Waals surface area contributed by atoms with E-state index in [0.29, 0.717) is 6.54 Å². The van der Waals surface area contributed by atoms with E-state index in [1.165, 1.54) is 7.11 Å². The zero-order valence-electron chi connectivity index (χ0n) is 9.41. The SMILES string of the molecule is BC(B)(NCc1ccccc1)C(=O)OC. The molecule has 0 saturated carbocycles. The molecule has 0 amide bonds. The maximum atomic E-state index is 11.4. The molecule has 0 aliphatic carbocycles. The molecule has 0 unspecified atom stereocenters. The molecular weight excluding hydrogens is 188 g/mol. The van der Waals surface area contributed by atoms with Gasteiger partial charge in [0.1, 0.15) is 15.7 Å². The van der Waals surface area contributed by atoms with E-state index in [1.54, 1.807) is 0 Å². The molecule has 0 aliphatic heterocycles. The predicted molar refractivity (Wildman–Crippen MR) is 65.1 cm³/mol. The molecular formula is C10H15B2NO2. The van der Waals surface area contributed by atoms with Crippen molar-refractivity contribution in [2.24, 2.45) is 0 Å². The number of methoxy groups -OCH3 is 1. The van der Waals surface area contributed by atoms with E-state index < -0.39 is 5.34 Å². The van der Waals surface area contributed by atoms with Crippen LogP contribution in [-0.4, -0.2) is 34.1 Å². The third-order valence-corrected chi connectivity index (χ3v) is 2.27. The Labute approximate surface area is 92.0 Å². The fourth-order valence-corrected chi connectivity index (χ4v) is 1.25. The molecule has 0 spiro atoms. The highest BCUT2D eigenvalue weighted by atomic mass is 16.5. The summed E-state index contributed by atoms with van der Waals surface area (Å²) in [5.41, 5.74) is 1.15. The van der Waals surface area contributed by atoms with Gasteiger partial charge in [0.2, 0.25) is 0 Å². The average molecular weight is 203 g/mol. The van der Waals surface area contributed by atoms with Crippen molar-refractivity contribution in [3.05, 3.63) is 35.9 Å². The fourth-order valence-electron chi connectivity index (χ4n) is 1.25. The number of benzene rings is 1. The van der Waals surface area contributed by atoms with E-state index in [-0.39, 0.29) is 5.97 Å². The van der Waals surface area contributed by atoms with Crippen LogP contribution in [0.2, 0.25) is 0 Å². The van der Waals surface area contributed by atoms with Gasteiger partial charge in [-0.25, -0.2) is 0 Å². The summed E-state index contributed by atoms with van der Waals surface area (Å²) in [6.45, 7) is 0.656. The van der Waals surface area contributed by atoms with Crippen LogP contribution in [0.1, 0.15) is 5.56 Å². The molecule has 5 heteroatoms. The Kier molecular flexibility index (Phi) is 3.97. The number of nitrogens with one attached hydrogen (secondary N) is 1. The van der Waals surface area contributed by atoms with Gasteiger partial charge < -0.3 is 10.1 Å². The quantitative estimate of drug-likeness (QED) is 0.496. The van der Waals surface area contributed by atoms with Gasteiger partial charge in [-0.05, 0) is 5.56 Å². The molecule has 0 heterocycles. The second kappa shape index (κ2) is 5.03.